The van der Waals surface area contributed by atoms with Crippen molar-refractivity contribution in [3.05, 3.63) is 23.9 Å². The third kappa shape index (κ3) is 4.82. The molecule has 5 heteroatoms. The maximum Gasteiger partial charge on any atom is 0.413 e. The molecule has 17 heavy (non-hydrogen) atoms. The van der Waals surface area contributed by atoms with Gasteiger partial charge in [-0.1, -0.05) is 0 Å². The molecule has 0 aliphatic heterocycles. The molecular weight excluding hydrogens is 220 g/mol. The minimum atomic E-state index is -0.600. The van der Waals surface area contributed by atoms with Crippen molar-refractivity contribution in [3.8, 4) is 0 Å². The van der Waals surface area contributed by atoms with Crippen LogP contribution in [0.4, 0.5) is 10.6 Å². The fourth-order valence-corrected chi connectivity index (χ4v) is 1.18. The van der Waals surface area contributed by atoms with Crippen molar-refractivity contribution in [1.82, 2.24) is 4.98 Å². The van der Waals surface area contributed by atoms with Gasteiger partial charge in [-0.15, -0.1) is 0 Å². The van der Waals surface area contributed by atoms with Gasteiger partial charge in [0.15, 0.2) is 0 Å². The first kappa shape index (κ1) is 13.4. The molecule has 0 saturated heterocycles. The highest BCUT2D eigenvalue weighted by Crippen LogP contribution is 2.15. The van der Waals surface area contributed by atoms with Crippen molar-refractivity contribution in [2.75, 3.05) is 5.32 Å². The van der Waals surface area contributed by atoms with Crippen molar-refractivity contribution in [3.63, 3.8) is 0 Å². The van der Waals surface area contributed by atoms with Crippen molar-refractivity contribution in [2.45, 2.75) is 39.4 Å². The van der Waals surface area contributed by atoms with Crippen LogP contribution in [0.2, 0.25) is 0 Å². The number of nitrogens with one attached hydrogen (secondary N) is 1. The Labute approximate surface area is 101 Å². The molecule has 1 amide bonds. The van der Waals surface area contributed by atoms with Gasteiger partial charge in [0.1, 0.15) is 11.4 Å². The minimum absolute atomic E-state index is 0.359. The largest absolute Gasteiger partial charge is 0.444 e. The number of anilines is 1. The highest BCUT2D eigenvalue weighted by Gasteiger charge is 2.16. The van der Waals surface area contributed by atoms with Crippen molar-refractivity contribution in [1.29, 1.82) is 0 Å². The average molecular weight is 238 g/mol. The number of carbonyl (C=O) groups excluding carboxylic acids is 1. The lowest BCUT2D eigenvalue weighted by atomic mass is 10.2. The Hall–Kier alpha value is -1.62. The summed E-state index contributed by atoms with van der Waals surface area (Å²) in [5.41, 5.74) is 0.137. The molecule has 0 aliphatic carbocycles. The summed E-state index contributed by atoms with van der Waals surface area (Å²) < 4.78 is 5.09. The summed E-state index contributed by atoms with van der Waals surface area (Å²) in [5, 5.41) is 11.9. The van der Waals surface area contributed by atoms with Gasteiger partial charge in [0.05, 0.1) is 6.10 Å². The van der Waals surface area contributed by atoms with E-state index in [2.05, 4.69) is 10.3 Å². The highest BCUT2D eigenvalue weighted by molar-refractivity contribution is 5.83. The van der Waals surface area contributed by atoms with Crippen LogP contribution in [0, 0.1) is 0 Å². The molecule has 0 radical (unpaired) electrons. The summed E-state index contributed by atoms with van der Waals surface area (Å²) in [6.07, 6.45) is 0.360. The van der Waals surface area contributed by atoms with Crippen LogP contribution in [0.15, 0.2) is 18.3 Å². The van der Waals surface area contributed by atoms with Crippen molar-refractivity contribution >= 4 is 11.9 Å². The number of amides is 1. The molecule has 1 rings (SSSR count). The van der Waals surface area contributed by atoms with Gasteiger partial charge in [-0.05, 0) is 45.4 Å². The van der Waals surface area contributed by atoms with Crippen LogP contribution in [0.5, 0.6) is 0 Å². The molecule has 0 fully saturated rings. The van der Waals surface area contributed by atoms with Crippen LogP contribution in [0.25, 0.3) is 0 Å². The number of aromatic nitrogens is 1. The number of aliphatic hydroxyl groups excluding tert-OH is 1. The van der Waals surface area contributed by atoms with Crippen LogP contribution in [0.3, 0.4) is 0 Å². The molecule has 1 aromatic rings. The van der Waals surface area contributed by atoms with Gasteiger partial charge < -0.3 is 9.84 Å². The standard InChI is InChI=1S/C12H18N2O3/c1-8(15)9-5-6-13-10(7-9)14-11(16)17-12(2,3)4/h5-8,15H,1-4H3,(H,13,14,16)/t8-/m0/s1. The molecule has 94 valence electrons. The van der Waals surface area contributed by atoms with E-state index in [9.17, 15) is 9.90 Å². The van der Waals surface area contributed by atoms with Gasteiger partial charge in [-0.2, -0.15) is 0 Å². The number of hydrogen-bond donors (Lipinski definition) is 2. The average Bonchev–Trinajstić information content (AvgIpc) is 2.14. The zero-order chi connectivity index (χ0) is 13.1. The lowest BCUT2D eigenvalue weighted by Gasteiger charge is -2.19. The van der Waals surface area contributed by atoms with E-state index in [1.807, 2.05) is 0 Å². The molecule has 0 bridgehead atoms. The summed E-state index contributed by atoms with van der Waals surface area (Å²) in [6, 6.07) is 3.29. The molecule has 0 aliphatic rings. The summed E-state index contributed by atoms with van der Waals surface area (Å²) in [5.74, 6) is 0.359. The number of aliphatic hydroxyl groups is 1. The van der Waals surface area contributed by atoms with Crippen LogP contribution in [-0.4, -0.2) is 21.8 Å². The Morgan fingerprint density at radius 3 is 2.71 bits per heavy atom. The van der Waals surface area contributed by atoms with Gasteiger partial charge in [0, 0.05) is 6.20 Å². The fourth-order valence-electron chi connectivity index (χ4n) is 1.18. The number of hydrogen-bond acceptors (Lipinski definition) is 4. The molecule has 0 unspecified atom stereocenters. The zero-order valence-corrected chi connectivity index (χ0v) is 10.5. The Kier molecular flexibility index (Phi) is 4.07. The van der Waals surface area contributed by atoms with Crippen LogP contribution in [-0.2, 0) is 4.74 Å². The van der Waals surface area contributed by atoms with E-state index in [0.717, 1.165) is 0 Å². The van der Waals surface area contributed by atoms with E-state index in [1.165, 1.54) is 6.20 Å². The molecule has 5 nitrogen and oxygen atoms in total. The predicted molar refractivity (Wildman–Crippen MR) is 64.7 cm³/mol. The second-order valence-corrected chi connectivity index (χ2v) is 4.78. The Balaban J connectivity index is 2.69. The van der Waals surface area contributed by atoms with Gasteiger partial charge >= 0.3 is 6.09 Å². The first-order chi connectivity index (χ1) is 7.78. The summed E-state index contributed by atoms with van der Waals surface area (Å²) in [4.78, 5) is 15.4. The zero-order valence-electron chi connectivity index (χ0n) is 10.5. The fraction of sp³-hybridized carbons (Fsp3) is 0.500. The van der Waals surface area contributed by atoms with E-state index in [1.54, 1.807) is 39.8 Å². The van der Waals surface area contributed by atoms with Crippen LogP contribution < -0.4 is 5.32 Å². The van der Waals surface area contributed by atoms with Crippen molar-refractivity contribution in [2.24, 2.45) is 0 Å². The maximum absolute atomic E-state index is 11.5. The van der Waals surface area contributed by atoms with Crippen LogP contribution in [0.1, 0.15) is 39.4 Å². The van der Waals surface area contributed by atoms with E-state index in [4.69, 9.17) is 4.74 Å². The SMILES string of the molecule is C[C@H](O)c1ccnc(NC(=O)OC(C)(C)C)c1. The molecule has 2 N–H and O–H groups in total. The number of pyridine rings is 1. The molecule has 1 heterocycles. The Morgan fingerprint density at radius 1 is 1.53 bits per heavy atom. The maximum atomic E-state index is 11.5. The third-order valence-electron chi connectivity index (χ3n) is 1.90. The van der Waals surface area contributed by atoms with Crippen molar-refractivity contribution < 1.29 is 14.6 Å². The van der Waals surface area contributed by atoms with Gasteiger partial charge in [-0.3, -0.25) is 5.32 Å². The molecule has 1 atom stereocenters. The Bertz CT molecular complexity index is 397. The van der Waals surface area contributed by atoms with Gasteiger partial charge in [-0.25, -0.2) is 9.78 Å². The van der Waals surface area contributed by atoms with E-state index < -0.39 is 17.8 Å². The number of ether oxygens (including phenoxy) is 1. The molecule has 0 aromatic carbocycles. The second kappa shape index (κ2) is 5.14. The quantitative estimate of drug-likeness (QED) is 0.830. The minimum Gasteiger partial charge on any atom is -0.444 e. The van der Waals surface area contributed by atoms with Crippen LogP contribution >= 0.6 is 0 Å². The van der Waals surface area contributed by atoms with E-state index >= 15 is 0 Å². The Morgan fingerprint density at radius 2 is 2.18 bits per heavy atom. The summed E-state index contributed by atoms with van der Waals surface area (Å²) >= 11 is 0. The first-order valence-corrected chi connectivity index (χ1v) is 5.42. The molecule has 1 aromatic heterocycles. The third-order valence-corrected chi connectivity index (χ3v) is 1.90. The predicted octanol–water partition coefficient (Wildman–Crippen LogP) is 2.48. The second-order valence-electron chi connectivity index (χ2n) is 4.78. The summed E-state index contributed by atoms with van der Waals surface area (Å²) in [7, 11) is 0. The molecular formula is C12H18N2O3. The van der Waals surface area contributed by atoms with Gasteiger partial charge in [0.2, 0.25) is 0 Å². The number of rotatable bonds is 2. The lowest BCUT2D eigenvalue weighted by Crippen LogP contribution is -2.27. The number of carbonyl (C=O) groups is 1. The normalized spacial score (nSPS) is 13.0. The molecule has 0 spiro atoms. The van der Waals surface area contributed by atoms with E-state index in [0.29, 0.717) is 11.4 Å². The first-order valence-electron chi connectivity index (χ1n) is 5.42. The monoisotopic (exact) mass is 238 g/mol. The molecule has 0 saturated carbocycles. The highest BCUT2D eigenvalue weighted by atomic mass is 16.6. The van der Waals surface area contributed by atoms with Gasteiger partial charge in [0.25, 0.3) is 0 Å². The number of nitrogens with zero attached hydrogens (tertiary/aromatic N) is 1. The topological polar surface area (TPSA) is 71.5 Å². The van der Waals surface area contributed by atoms with E-state index in [-0.39, 0.29) is 0 Å². The lowest BCUT2D eigenvalue weighted by molar-refractivity contribution is 0.0635. The smallest absolute Gasteiger partial charge is 0.413 e. The summed E-state index contributed by atoms with van der Waals surface area (Å²) in [6.45, 7) is 7.00.